The number of aryl methyl sites for hydroxylation is 1. The van der Waals surface area contributed by atoms with E-state index in [1.807, 2.05) is 0 Å². The molecule has 0 spiro atoms. The van der Waals surface area contributed by atoms with Gasteiger partial charge in [0.15, 0.2) is 23.4 Å². The lowest BCUT2D eigenvalue weighted by molar-refractivity contribution is -0.137. The smallest absolute Gasteiger partial charge is 0.424 e. The molecule has 3 aromatic heterocycles. The fraction of sp³-hybridized carbons (Fsp3) is 0.522. The van der Waals surface area contributed by atoms with Crippen LogP contribution in [0.15, 0.2) is 12.5 Å². The molecule has 2 aliphatic heterocycles. The number of hydrogen-bond donors (Lipinski definition) is 4. The summed E-state index contributed by atoms with van der Waals surface area (Å²) in [5.74, 6) is -0.708. The van der Waals surface area contributed by atoms with E-state index in [1.54, 1.807) is 20.8 Å². The van der Waals surface area contributed by atoms with Crippen molar-refractivity contribution in [1.29, 1.82) is 0 Å². The van der Waals surface area contributed by atoms with Gasteiger partial charge in [-0.15, -0.1) is 0 Å². The van der Waals surface area contributed by atoms with Crippen molar-refractivity contribution >= 4 is 36.7 Å². The maximum atomic E-state index is 13.4. The van der Waals surface area contributed by atoms with E-state index in [0.29, 0.717) is 16.8 Å². The molecule has 0 bridgehead atoms. The number of imidazole rings is 1. The normalized spacial score (nSPS) is 28.5. The molecule has 0 aromatic carbocycles. The summed E-state index contributed by atoms with van der Waals surface area (Å²) in [4.78, 5) is 28.6. The van der Waals surface area contributed by atoms with Crippen molar-refractivity contribution in [2.24, 2.45) is 5.92 Å². The fourth-order valence-electron chi connectivity index (χ4n) is 4.39. The van der Waals surface area contributed by atoms with E-state index in [2.05, 4.69) is 19.9 Å². The van der Waals surface area contributed by atoms with Gasteiger partial charge in [0.2, 0.25) is 5.95 Å². The number of nitrogen functional groups attached to an aromatic ring is 2. The molecule has 40 heavy (non-hydrogen) atoms. The third kappa shape index (κ3) is 5.03. The highest BCUT2D eigenvalue weighted by atomic mass is 31.2. The Balaban J connectivity index is 1.31. The molecule has 216 valence electrons. The summed E-state index contributed by atoms with van der Waals surface area (Å²) >= 11 is 0. The quantitative estimate of drug-likeness (QED) is 0.237. The maximum absolute atomic E-state index is 13.4. The van der Waals surface area contributed by atoms with Crippen molar-refractivity contribution in [3.63, 3.8) is 0 Å². The van der Waals surface area contributed by atoms with Crippen LogP contribution in [-0.4, -0.2) is 65.1 Å². The van der Waals surface area contributed by atoms with Crippen LogP contribution in [-0.2, 0) is 40.9 Å². The number of aliphatic hydroxyl groups is 2. The Morgan fingerprint density at radius 2 is 2.00 bits per heavy atom. The van der Waals surface area contributed by atoms with Gasteiger partial charge in [0.05, 0.1) is 37.8 Å². The standard InChI is InChI=1S/C23H30N7O9P/c1-10(2)20(32)39-16-11(3)26-5-12-6-35-40(34,36-7-13(12)16)37-8-14-17(31)23(4,33)21(38-14)30-9-27-15-18(24)28-22(25)29-19(15)30/h5,9-10,14,17,21,31,33H,6-8H2,1-4H3,(H4,24,25,28,29)/t14-,17+,21-,23+,40?/m1/s1. The summed E-state index contributed by atoms with van der Waals surface area (Å²) in [6, 6.07) is 0. The van der Waals surface area contributed by atoms with Gasteiger partial charge in [0, 0.05) is 17.3 Å². The zero-order valence-electron chi connectivity index (χ0n) is 22.2. The number of anilines is 2. The minimum atomic E-state index is -4.19. The molecule has 5 heterocycles. The maximum Gasteiger partial charge on any atom is 0.475 e. The Morgan fingerprint density at radius 3 is 2.73 bits per heavy atom. The lowest BCUT2D eigenvalue weighted by Crippen LogP contribution is -2.44. The summed E-state index contributed by atoms with van der Waals surface area (Å²) in [7, 11) is -4.19. The highest BCUT2D eigenvalue weighted by Gasteiger charge is 2.54. The van der Waals surface area contributed by atoms with Crippen molar-refractivity contribution < 1.29 is 42.6 Å². The van der Waals surface area contributed by atoms with Gasteiger partial charge in [0.25, 0.3) is 0 Å². The number of carbonyl (C=O) groups is 1. The van der Waals surface area contributed by atoms with E-state index in [-0.39, 0.29) is 47.8 Å². The third-order valence-corrected chi connectivity index (χ3v) is 8.05. The van der Waals surface area contributed by atoms with Crippen LogP contribution in [0, 0.1) is 12.8 Å². The first kappa shape index (κ1) is 28.3. The Hall–Kier alpha value is -3.24. The number of nitrogens with two attached hydrogens (primary N) is 2. The highest BCUT2D eigenvalue weighted by Crippen LogP contribution is 2.54. The van der Waals surface area contributed by atoms with E-state index >= 15 is 0 Å². The summed E-state index contributed by atoms with van der Waals surface area (Å²) in [6.07, 6.45) is -1.01. The predicted octanol–water partition coefficient (Wildman–Crippen LogP) is 1.14. The summed E-state index contributed by atoms with van der Waals surface area (Å²) in [5.41, 5.74) is 11.5. The molecule has 16 nitrogen and oxygen atoms in total. The van der Waals surface area contributed by atoms with E-state index in [1.165, 1.54) is 24.0 Å². The first-order valence-electron chi connectivity index (χ1n) is 12.3. The van der Waals surface area contributed by atoms with Crippen molar-refractivity contribution in [3.05, 3.63) is 29.3 Å². The van der Waals surface area contributed by atoms with Gasteiger partial charge in [-0.25, -0.2) is 9.55 Å². The first-order valence-corrected chi connectivity index (χ1v) is 13.8. The lowest BCUT2D eigenvalue weighted by Gasteiger charge is -2.27. The van der Waals surface area contributed by atoms with Gasteiger partial charge < -0.3 is 31.2 Å². The number of fused-ring (bicyclic) bond motifs is 2. The van der Waals surface area contributed by atoms with Crippen LogP contribution in [0.2, 0.25) is 0 Å². The van der Waals surface area contributed by atoms with Crippen molar-refractivity contribution in [2.45, 2.75) is 64.9 Å². The van der Waals surface area contributed by atoms with Crippen molar-refractivity contribution in [2.75, 3.05) is 18.1 Å². The van der Waals surface area contributed by atoms with Crippen LogP contribution in [0.3, 0.4) is 0 Å². The third-order valence-electron chi connectivity index (χ3n) is 6.69. The zero-order valence-corrected chi connectivity index (χ0v) is 23.1. The second-order valence-electron chi connectivity index (χ2n) is 10.0. The molecule has 5 atom stereocenters. The molecule has 0 aliphatic carbocycles. The lowest BCUT2D eigenvalue weighted by atomic mass is 9.96. The average Bonchev–Trinajstić information content (AvgIpc) is 3.33. The molecule has 17 heteroatoms. The molecule has 0 saturated carbocycles. The molecular formula is C23H30N7O9P. The molecule has 2 aliphatic rings. The minimum absolute atomic E-state index is 0.0357. The van der Waals surface area contributed by atoms with Crippen LogP contribution in [0.5, 0.6) is 5.75 Å². The monoisotopic (exact) mass is 579 g/mol. The van der Waals surface area contributed by atoms with Crippen LogP contribution in [0.4, 0.5) is 11.8 Å². The van der Waals surface area contributed by atoms with E-state index < -0.39 is 44.4 Å². The van der Waals surface area contributed by atoms with E-state index in [4.69, 9.17) is 34.5 Å². The number of esters is 1. The zero-order chi connectivity index (χ0) is 29.0. The number of aliphatic hydroxyl groups excluding tert-OH is 1. The Labute approximate surface area is 228 Å². The number of pyridine rings is 1. The molecule has 0 amide bonds. The Bertz CT molecular complexity index is 1510. The van der Waals surface area contributed by atoms with Gasteiger partial charge in [-0.1, -0.05) is 13.8 Å². The molecule has 1 unspecified atom stereocenters. The molecule has 1 fully saturated rings. The number of nitrogens with zero attached hydrogens (tertiary/aromatic N) is 5. The second kappa shape index (κ2) is 10.3. The summed E-state index contributed by atoms with van der Waals surface area (Å²) in [5, 5.41) is 22.0. The topological polar surface area (TPSA) is 229 Å². The number of ether oxygens (including phenoxy) is 2. The minimum Gasteiger partial charge on any atom is -0.424 e. The first-order chi connectivity index (χ1) is 18.8. The fourth-order valence-corrected chi connectivity index (χ4v) is 5.52. The van der Waals surface area contributed by atoms with Gasteiger partial charge >= 0.3 is 13.8 Å². The van der Waals surface area contributed by atoms with Gasteiger partial charge in [0.1, 0.15) is 23.3 Å². The molecule has 6 N–H and O–H groups in total. The largest absolute Gasteiger partial charge is 0.475 e. The SMILES string of the molecule is Cc1ncc2c(c1OC(=O)C(C)C)COP(=O)(OC[C@H]1O[C@@H](n3cnc4c(N)nc(N)nc43)[C@@](C)(O)[C@H]1O)OC2. The Morgan fingerprint density at radius 1 is 1.27 bits per heavy atom. The van der Waals surface area contributed by atoms with Crippen molar-refractivity contribution in [1.82, 2.24) is 24.5 Å². The van der Waals surface area contributed by atoms with E-state index in [0.717, 1.165) is 0 Å². The van der Waals surface area contributed by atoms with Crippen LogP contribution >= 0.6 is 7.82 Å². The van der Waals surface area contributed by atoms with Gasteiger partial charge in [-0.2, -0.15) is 9.97 Å². The number of aromatic nitrogens is 5. The predicted molar refractivity (Wildman–Crippen MR) is 137 cm³/mol. The Kier molecular flexibility index (Phi) is 7.29. The second-order valence-corrected chi connectivity index (χ2v) is 11.7. The number of phosphoric acid groups is 1. The number of carbonyl (C=O) groups excluding carboxylic acids is 1. The molecule has 5 rings (SSSR count). The molecule has 1 saturated heterocycles. The summed E-state index contributed by atoms with van der Waals surface area (Å²) < 4.78 is 42.7. The van der Waals surface area contributed by atoms with Crippen LogP contribution < -0.4 is 16.2 Å². The molecule has 3 aromatic rings. The average molecular weight is 580 g/mol. The van der Waals surface area contributed by atoms with E-state index in [9.17, 15) is 19.6 Å². The number of phosphoric ester groups is 1. The van der Waals surface area contributed by atoms with Gasteiger partial charge in [-0.3, -0.25) is 27.9 Å². The molecular weight excluding hydrogens is 549 g/mol. The number of hydrogen-bond acceptors (Lipinski definition) is 15. The number of rotatable bonds is 6. The van der Waals surface area contributed by atoms with Crippen molar-refractivity contribution in [3.8, 4) is 5.75 Å². The molecule has 0 radical (unpaired) electrons. The highest BCUT2D eigenvalue weighted by molar-refractivity contribution is 7.48. The van der Waals surface area contributed by atoms with Crippen LogP contribution in [0.1, 0.15) is 43.8 Å². The van der Waals surface area contributed by atoms with Crippen LogP contribution in [0.25, 0.3) is 11.2 Å². The van der Waals surface area contributed by atoms with Gasteiger partial charge in [-0.05, 0) is 13.8 Å². The summed E-state index contributed by atoms with van der Waals surface area (Å²) in [6.45, 7) is 5.49.